The van der Waals surface area contributed by atoms with Gasteiger partial charge in [-0.3, -0.25) is 0 Å². The fourth-order valence-electron chi connectivity index (χ4n) is 1.47. The number of hydrogen-bond acceptors (Lipinski definition) is 1. The molecule has 0 atom stereocenters. The van der Waals surface area contributed by atoms with Crippen molar-refractivity contribution in [3.63, 3.8) is 0 Å². The summed E-state index contributed by atoms with van der Waals surface area (Å²) in [5.41, 5.74) is 1.36. The van der Waals surface area contributed by atoms with Crippen molar-refractivity contribution in [3.05, 3.63) is 32.2 Å². The third kappa shape index (κ3) is 1.86. The van der Waals surface area contributed by atoms with Gasteiger partial charge in [0.05, 0.1) is 0 Å². The van der Waals surface area contributed by atoms with E-state index < -0.39 is 0 Å². The monoisotopic (exact) mass is 380 g/mol. The molecular formula is C11H10BrIS. The van der Waals surface area contributed by atoms with Crippen molar-refractivity contribution in [1.82, 2.24) is 0 Å². The standard InChI is InChI=1S/C11H10BrIS/c1-2-9-11(13)8-4-3-7(6-12)5-10(8)14-9/h3-5H,2,6H2,1H3. The Morgan fingerprint density at radius 3 is 2.86 bits per heavy atom. The lowest BCUT2D eigenvalue weighted by Crippen LogP contribution is -1.77. The molecule has 0 aliphatic carbocycles. The van der Waals surface area contributed by atoms with Crippen molar-refractivity contribution < 1.29 is 0 Å². The molecule has 0 N–H and O–H groups in total. The zero-order valence-electron chi connectivity index (χ0n) is 7.81. The van der Waals surface area contributed by atoms with Gasteiger partial charge < -0.3 is 0 Å². The third-order valence-electron chi connectivity index (χ3n) is 2.24. The third-order valence-corrected chi connectivity index (χ3v) is 5.78. The summed E-state index contributed by atoms with van der Waals surface area (Å²) in [5.74, 6) is 0. The van der Waals surface area contributed by atoms with Crippen molar-refractivity contribution in [3.8, 4) is 0 Å². The van der Waals surface area contributed by atoms with Crippen LogP contribution in [0.4, 0.5) is 0 Å². The van der Waals surface area contributed by atoms with E-state index in [1.54, 1.807) is 0 Å². The molecule has 3 heteroatoms. The Morgan fingerprint density at radius 1 is 1.43 bits per heavy atom. The molecule has 0 unspecified atom stereocenters. The van der Waals surface area contributed by atoms with Gasteiger partial charge in [0.2, 0.25) is 0 Å². The van der Waals surface area contributed by atoms with E-state index in [1.807, 2.05) is 11.3 Å². The zero-order valence-corrected chi connectivity index (χ0v) is 12.4. The molecule has 0 fully saturated rings. The molecule has 1 heterocycles. The van der Waals surface area contributed by atoms with E-state index in [2.05, 4.69) is 63.6 Å². The van der Waals surface area contributed by atoms with Gasteiger partial charge in [-0.15, -0.1) is 11.3 Å². The van der Waals surface area contributed by atoms with E-state index >= 15 is 0 Å². The Labute approximate surface area is 110 Å². The van der Waals surface area contributed by atoms with Crippen LogP contribution in [0.25, 0.3) is 10.1 Å². The second-order valence-electron chi connectivity index (χ2n) is 3.16. The number of fused-ring (bicyclic) bond motifs is 1. The summed E-state index contributed by atoms with van der Waals surface area (Å²) in [6.45, 7) is 2.22. The van der Waals surface area contributed by atoms with Gasteiger partial charge in [0.15, 0.2) is 0 Å². The Hall–Kier alpha value is 0.390. The molecule has 2 rings (SSSR count). The molecule has 1 aromatic carbocycles. The second-order valence-corrected chi connectivity index (χ2v) is 5.93. The maximum Gasteiger partial charge on any atom is 0.0359 e. The van der Waals surface area contributed by atoms with Crippen molar-refractivity contribution in [1.29, 1.82) is 0 Å². The molecule has 14 heavy (non-hydrogen) atoms. The fraction of sp³-hybridized carbons (Fsp3) is 0.273. The predicted octanol–water partition coefficient (Wildman–Crippen LogP) is 4.96. The number of alkyl halides is 1. The van der Waals surface area contributed by atoms with Gasteiger partial charge in [-0.2, -0.15) is 0 Å². The molecule has 0 aliphatic rings. The van der Waals surface area contributed by atoms with E-state index in [4.69, 9.17) is 0 Å². The van der Waals surface area contributed by atoms with Crippen LogP contribution in [0.15, 0.2) is 18.2 Å². The molecule has 0 amide bonds. The number of thiophene rings is 1. The molecule has 0 nitrogen and oxygen atoms in total. The molecule has 2 aromatic rings. The first-order valence-electron chi connectivity index (χ1n) is 4.52. The normalized spacial score (nSPS) is 11.1. The molecule has 1 aromatic heterocycles. The van der Waals surface area contributed by atoms with E-state index in [-0.39, 0.29) is 0 Å². The van der Waals surface area contributed by atoms with Crippen molar-refractivity contribution in [2.24, 2.45) is 0 Å². The SMILES string of the molecule is CCc1sc2cc(CBr)ccc2c1I. The number of benzene rings is 1. The van der Waals surface area contributed by atoms with Crippen molar-refractivity contribution in [2.45, 2.75) is 18.7 Å². The zero-order chi connectivity index (χ0) is 10.1. The lowest BCUT2D eigenvalue weighted by Gasteiger charge is -1.95. The second kappa shape index (κ2) is 4.49. The first-order valence-corrected chi connectivity index (χ1v) is 7.53. The minimum Gasteiger partial charge on any atom is -0.139 e. The van der Waals surface area contributed by atoms with Crippen LogP contribution in [0, 0.1) is 3.57 Å². The van der Waals surface area contributed by atoms with Crippen molar-refractivity contribution in [2.75, 3.05) is 0 Å². The molecule has 0 bridgehead atoms. The Kier molecular flexibility index (Phi) is 3.50. The summed E-state index contributed by atoms with van der Waals surface area (Å²) in [4.78, 5) is 1.51. The molecule has 0 spiro atoms. The number of hydrogen-bond donors (Lipinski definition) is 0. The van der Waals surface area contributed by atoms with Gasteiger partial charge in [0, 0.05) is 23.9 Å². The van der Waals surface area contributed by atoms with Gasteiger partial charge in [-0.05, 0) is 40.6 Å². The van der Waals surface area contributed by atoms with Crippen molar-refractivity contribution >= 4 is 59.9 Å². The molecule has 0 radical (unpaired) electrons. The summed E-state index contributed by atoms with van der Waals surface area (Å²) in [7, 11) is 0. The molecule has 0 saturated carbocycles. The van der Waals surface area contributed by atoms with E-state index in [9.17, 15) is 0 Å². The molecular weight excluding hydrogens is 371 g/mol. The maximum absolute atomic E-state index is 3.49. The lowest BCUT2D eigenvalue weighted by atomic mass is 10.2. The highest BCUT2D eigenvalue weighted by Crippen LogP contribution is 2.33. The van der Waals surface area contributed by atoms with Crippen LogP contribution in [0.1, 0.15) is 17.4 Å². The first-order chi connectivity index (χ1) is 6.76. The topological polar surface area (TPSA) is 0 Å². The van der Waals surface area contributed by atoms with E-state index in [0.717, 1.165) is 11.8 Å². The maximum atomic E-state index is 3.49. The van der Waals surface area contributed by atoms with Gasteiger partial charge in [-0.1, -0.05) is 35.0 Å². The van der Waals surface area contributed by atoms with E-state index in [1.165, 1.54) is 24.1 Å². The highest BCUT2D eigenvalue weighted by atomic mass is 127. The van der Waals surface area contributed by atoms with Crippen LogP contribution < -0.4 is 0 Å². The number of rotatable bonds is 2. The summed E-state index contributed by atoms with van der Waals surface area (Å²) in [6.07, 6.45) is 1.14. The quantitative estimate of drug-likeness (QED) is 0.510. The average molecular weight is 381 g/mol. The smallest absolute Gasteiger partial charge is 0.0359 e. The van der Waals surface area contributed by atoms with Crippen LogP contribution in [-0.4, -0.2) is 0 Å². The fourth-order valence-corrected chi connectivity index (χ4v) is 4.28. The Bertz CT molecular complexity index is 462. The summed E-state index contributed by atoms with van der Waals surface area (Å²) in [5, 5.41) is 2.36. The van der Waals surface area contributed by atoms with Gasteiger partial charge in [0.1, 0.15) is 0 Å². The average Bonchev–Trinajstić information content (AvgIpc) is 2.55. The molecule has 0 saturated heterocycles. The first kappa shape index (κ1) is 10.9. The number of aryl methyl sites for hydroxylation is 1. The van der Waals surface area contributed by atoms with Crippen LogP contribution in [0.5, 0.6) is 0 Å². The van der Waals surface area contributed by atoms with Crippen LogP contribution in [0.2, 0.25) is 0 Å². The van der Waals surface area contributed by atoms with Crippen LogP contribution >= 0.6 is 49.9 Å². The van der Waals surface area contributed by atoms with Crippen LogP contribution in [-0.2, 0) is 11.8 Å². The Balaban J connectivity index is 2.66. The highest BCUT2D eigenvalue weighted by Gasteiger charge is 2.07. The predicted molar refractivity (Wildman–Crippen MR) is 76.6 cm³/mol. The largest absolute Gasteiger partial charge is 0.139 e. The lowest BCUT2D eigenvalue weighted by molar-refractivity contribution is 1.18. The van der Waals surface area contributed by atoms with Crippen LogP contribution in [0.3, 0.4) is 0 Å². The summed E-state index contributed by atoms with van der Waals surface area (Å²) < 4.78 is 2.86. The Morgan fingerprint density at radius 2 is 2.21 bits per heavy atom. The summed E-state index contributed by atoms with van der Waals surface area (Å²) in [6, 6.07) is 6.73. The minimum atomic E-state index is 0.943. The van der Waals surface area contributed by atoms with Gasteiger partial charge in [-0.25, -0.2) is 0 Å². The summed E-state index contributed by atoms with van der Waals surface area (Å²) >= 11 is 7.87. The highest BCUT2D eigenvalue weighted by molar-refractivity contribution is 14.1. The van der Waals surface area contributed by atoms with E-state index in [0.29, 0.717) is 0 Å². The van der Waals surface area contributed by atoms with Gasteiger partial charge in [0.25, 0.3) is 0 Å². The number of halogens is 2. The van der Waals surface area contributed by atoms with Gasteiger partial charge >= 0.3 is 0 Å². The molecule has 74 valence electrons. The molecule has 0 aliphatic heterocycles. The minimum absolute atomic E-state index is 0.943.